The second-order valence-corrected chi connectivity index (χ2v) is 10.4. The third-order valence-electron chi connectivity index (χ3n) is 4.68. The van der Waals surface area contributed by atoms with Crippen LogP contribution in [0.25, 0.3) is 16.3 Å². The fourth-order valence-electron chi connectivity index (χ4n) is 3.09. The van der Waals surface area contributed by atoms with Gasteiger partial charge in [-0.05, 0) is 42.0 Å². The molecule has 2 heterocycles. The molecular weight excluding hydrogens is 462 g/mol. The normalized spacial score (nSPS) is 15.1. The highest BCUT2D eigenvalue weighted by atomic mass is 32.2. The lowest BCUT2D eigenvalue weighted by atomic mass is 10.2. The standard InChI is InChI=1S/C23H21N3O3S3/c27-20(11-6-14-30-22-25-17-9-4-5-10-18(17)31-22)24-12-13-26-21(28)19(32-23(26)29)15-16-7-2-1-3-8-16/h1-5,7-10,15H,6,11-14H2,(H,24,27)/b19-15-. The van der Waals surface area contributed by atoms with Gasteiger partial charge in [0.15, 0.2) is 4.34 Å². The topological polar surface area (TPSA) is 79.4 Å². The number of imide groups is 1. The van der Waals surface area contributed by atoms with Gasteiger partial charge in [0.05, 0.1) is 15.1 Å². The zero-order valence-corrected chi connectivity index (χ0v) is 19.6. The molecule has 9 heteroatoms. The van der Waals surface area contributed by atoms with Crippen molar-refractivity contribution in [3.8, 4) is 0 Å². The maximum atomic E-state index is 12.5. The SMILES string of the molecule is O=C(CCCSc1nc2ccccc2s1)NCCN1C(=O)S/C(=C\c2ccccc2)C1=O. The number of nitrogens with zero attached hydrogens (tertiary/aromatic N) is 2. The summed E-state index contributed by atoms with van der Waals surface area (Å²) in [5.41, 5.74) is 1.87. The number of aromatic nitrogens is 1. The van der Waals surface area contributed by atoms with Gasteiger partial charge in [-0.25, -0.2) is 4.98 Å². The number of carbonyl (C=O) groups excluding carboxylic acids is 3. The summed E-state index contributed by atoms with van der Waals surface area (Å²) < 4.78 is 2.17. The predicted molar refractivity (Wildman–Crippen MR) is 132 cm³/mol. The number of hydrogen-bond donors (Lipinski definition) is 1. The van der Waals surface area contributed by atoms with Crippen molar-refractivity contribution in [2.75, 3.05) is 18.8 Å². The van der Waals surface area contributed by atoms with Gasteiger partial charge in [0.2, 0.25) is 5.91 Å². The molecule has 1 aromatic heterocycles. The van der Waals surface area contributed by atoms with E-state index >= 15 is 0 Å². The maximum Gasteiger partial charge on any atom is 0.293 e. The Morgan fingerprint density at radius 2 is 1.88 bits per heavy atom. The maximum absolute atomic E-state index is 12.5. The van der Waals surface area contributed by atoms with Crippen LogP contribution < -0.4 is 5.32 Å². The Morgan fingerprint density at radius 1 is 1.09 bits per heavy atom. The molecule has 0 saturated carbocycles. The number of hydrogen-bond acceptors (Lipinski definition) is 7. The summed E-state index contributed by atoms with van der Waals surface area (Å²) in [6, 6.07) is 17.4. The van der Waals surface area contributed by atoms with E-state index in [9.17, 15) is 14.4 Å². The molecule has 0 radical (unpaired) electrons. The molecule has 1 fully saturated rings. The molecule has 3 amide bonds. The summed E-state index contributed by atoms with van der Waals surface area (Å²) in [5, 5.41) is 2.49. The van der Waals surface area contributed by atoms with Gasteiger partial charge in [0.25, 0.3) is 11.1 Å². The number of thiazole rings is 1. The Hall–Kier alpha value is -2.62. The lowest BCUT2D eigenvalue weighted by Crippen LogP contribution is -2.37. The van der Waals surface area contributed by atoms with Crippen LogP contribution in [0.5, 0.6) is 0 Å². The van der Waals surface area contributed by atoms with Crippen molar-refractivity contribution >= 4 is 68.2 Å². The molecule has 164 valence electrons. The molecule has 4 rings (SSSR count). The van der Waals surface area contributed by atoms with Crippen molar-refractivity contribution in [2.24, 2.45) is 0 Å². The van der Waals surface area contributed by atoms with Crippen LogP contribution in [-0.4, -0.2) is 45.8 Å². The molecule has 6 nitrogen and oxygen atoms in total. The van der Waals surface area contributed by atoms with E-state index in [4.69, 9.17) is 0 Å². The van der Waals surface area contributed by atoms with Crippen LogP contribution in [0, 0.1) is 0 Å². The Balaban J connectivity index is 1.16. The van der Waals surface area contributed by atoms with Gasteiger partial charge in [-0.1, -0.05) is 54.2 Å². The van der Waals surface area contributed by atoms with Crippen molar-refractivity contribution in [3.63, 3.8) is 0 Å². The van der Waals surface area contributed by atoms with Gasteiger partial charge in [0.1, 0.15) is 0 Å². The fraction of sp³-hybridized carbons (Fsp3) is 0.217. The Bertz CT molecular complexity index is 1130. The first-order valence-electron chi connectivity index (χ1n) is 10.2. The molecule has 0 spiro atoms. The quantitative estimate of drug-likeness (QED) is 0.262. The van der Waals surface area contributed by atoms with Gasteiger partial charge >= 0.3 is 0 Å². The molecular formula is C23H21N3O3S3. The molecule has 1 aliphatic rings. The third-order valence-corrected chi connectivity index (χ3v) is 7.85. The van der Waals surface area contributed by atoms with Gasteiger partial charge in [0, 0.05) is 25.3 Å². The number of para-hydroxylation sites is 1. The summed E-state index contributed by atoms with van der Waals surface area (Å²) in [7, 11) is 0. The summed E-state index contributed by atoms with van der Waals surface area (Å²) in [4.78, 5) is 42.9. The van der Waals surface area contributed by atoms with Crippen LogP contribution in [0.4, 0.5) is 4.79 Å². The smallest absolute Gasteiger partial charge is 0.293 e. The first-order chi connectivity index (χ1) is 15.6. The largest absolute Gasteiger partial charge is 0.354 e. The van der Waals surface area contributed by atoms with E-state index in [0.717, 1.165) is 39.4 Å². The number of carbonyl (C=O) groups is 3. The van der Waals surface area contributed by atoms with E-state index in [1.165, 1.54) is 9.60 Å². The van der Waals surface area contributed by atoms with E-state index in [1.807, 2.05) is 48.5 Å². The lowest BCUT2D eigenvalue weighted by molar-refractivity contribution is -0.124. The van der Waals surface area contributed by atoms with E-state index in [-0.39, 0.29) is 30.1 Å². The number of benzene rings is 2. The van der Waals surface area contributed by atoms with Crippen molar-refractivity contribution in [2.45, 2.75) is 17.2 Å². The molecule has 2 aromatic carbocycles. The number of amides is 3. The average molecular weight is 484 g/mol. The third kappa shape index (κ3) is 5.79. The minimum absolute atomic E-state index is 0.0818. The molecule has 32 heavy (non-hydrogen) atoms. The molecule has 1 saturated heterocycles. The Kier molecular flexibility index (Phi) is 7.62. The van der Waals surface area contributed by atoms with Crippen molar-refractivity contribution in [3.05, 3.63) is 65.1 Å². The van der Waals surface area contributed by atoms with Gasteiger partial charge < -0.3 is 5.32 Å². The van der Waals surface area contributed by atoms with Gasteiger partial charge in [-0.15, -0.1) is 11.3 Å². The Morgan fingerprint density at radius 3 is 2.69 bits per heavy atom. The number of thioether (sulfide) groups is 2. The summed E-state index contributed by atoms with van der Waals surface area (Å²) in [6.45, 7) is 0.420. The molecule has 0 aliphatic carbocycles. The van der Waals surface area contributed by atoms with E-state index in [1.54, 1.807) is 29.2 Å². The minimum Gasteiger partial charge on any atom is -0.354 e. The van der Waals surface area contributed by atoms with Crippen LogP contribution in [-0.2, 0) is 9.59 Å². The van der Waals surface area contributed by atoms with Crippen LogP contribution in [0.15, 0.2) is 63.8 Å². The lowest BCUT2D eigenvalue weighted by Gasteiger charge is -2.12. The molecule has 1 aliphatic heterocycles. The van der Waals surface area contributed by atoms with Gasteiger partial charge in [-0.3, -0.25) is 19.3 Å². The number of nitrogens with one attached hydrogen (secondary N) is 1. The first kappa shape index (κ1) is 22.6. The highest BCUT2D eigenvalue weighted by Crippen LogP contribution is 2.32. The summed E-state index contributed by atoms with van der Waals surface area (Å²) >= 11 is 4.24. The minimum atomic E-state index is -0.315. The van der Waals surface area contributed by atoms with E-state index in [0.29, 0.717) is 11.3 Å². The van der Waals surface area contributed by atoms with E-state index < -0.39 is 0 Å². The van der Waals surface area contributed by atoms with Crippen LogP contribution in [0.2, 0.25) is 0 Å². The Labute approximate surface area is 198 Å². The van der Waals surface area contributed by atoms with Crippen LogP contribution in [0.3, 0.4) is 0 Å². The number of rotatable bonds is 9. The highest BCUT2D eigenvalue weighted by molar-refractivity contribution is 8.18. The zero-order chi connectivity index (χ0) is 22.3. The van der Waals surface area contributed by atoms with Crippen molar-refractivity contribution in [1.29, 1.82) is 0 Å². The molecule has 1 N–H and O–H groups in total. The zero-order valence-electron chi connectivity index (χ0n) is 17.2. The summed E-state index contributed by atoms with van der Waals surface area (Å²) in [6.07, 6.45) is 2.84. The van der Waals surface area contributed by atoms with Gasteiger partial charge in [-0.2, -0.15) is 0 Å². The van der Waals surface area contributed by atoms with Crippen molar-refractivity contribution < 1.29 is 14.4 Å². The monoisotopic (exact) mass is 483 g/mol. The molecule has 0 atom stereocenters. The second kappa shape index (κ2) is 10.8. The first-order valence-corrected chi connectivity index (χ1v) is 12.8. The fourth-order valence-corrected chi connectivity index (χ4v) is 6.04. The molecule has 3 aromatic rings. The average Bonchev–Trinajstić information content (AvgIpc) is 3.33. The van der Waals surface area contributed by atoms with E-state index in [2.05, 4.69) is 16.4 Å². The van der Waals surface area contributed by atoms with Crippen LogP contribution >= 0.6 is 34.9 Å². The van der Waals surface area contributed by atoms with Crippen molar-refractivity contribution in [1.82, 2.24) is 15.2 Å². The second-order valence-electron chi connectivity index (χ2n) is 6.99. The number of fused-ring (bicyclic) bond motifs is 1. The predicted octanol–water partition coefficient (Wildman–Crippen LogP) is 5.02. The highest BCUT2D eigenvalue weighted by Gasteiger charge is 2.34. The molecule has 0 unspecified atom stereocenters. The summed E-state index contributed by atoms with van der Waals surface area (Å²) in [5.74, 6) is 0.410. The van der Waals surface area contributed by atoms with Crippen LogP contribution in [0.1, 0.15) is 18.4 Å². The molecule has 0 bridgehead atoms.